The molecule has 0 amide bonds. The second kappa shape index (κ2) is 7.76. The minimum absolute atomic E-state index is 0.185. The molecule has 0 aliphatic carbocycles. The molecule has 118 valence electrons. The van der Waals surface area contributed by atoms with Gasteiger partial charge in [-0.25, -0.2) is 4.39 Å². The first-order valence-electron chi connectivity index (χ1n) is 7.90. The Morgan fingerprint density at radius 2 is 1.95 bits per heavy atom. The molecule has 0 unspecified atom stereocenters. The van der Waals surface area contributed by atoms with E-state index in [4.69, 9.17) is 4.74 Å². The van der Waals surface area contributed by atoms with E-state index in [2.05, 4.69) is 24.1 Å². The molecule has 4 heteroatoms. The number of methoxy groups -OCH3 is 1. The van der Waals surface area contributed by atoms with Crippen LogP contribution in [0.3, 0.4) is 0 Å². The Morgan fingerprint density at radius 3 is 2.57 bits per heavy atom. The van der Waals surface area contributed by atoms with E-state index in [0.29, 0.717) is 5.92 Å². The zero-order valence-corrected chi connectivity index (χ0v) is 13.4. The summed E-state index contributed by atoms with van der Waals surface area (Å²) in [5, 5.41) is 3.38. The molecule has 1 aromatic carbocycles. The topological polar surface area (TPSA) is 24.5 Å². The number of hydrogen-bond donors (Lipinski definition) is 1. The van der Waals surface area contributed by atoms with E-state index < -0.39 is 0 Å². The van der Waals surface area contributed by atoms with Crippen LogP contribution in [0, 0.1) is 11.7 Å². The predicted molar refractivity (Wildman–Crippen MR) is 84.2 cm³/mol. The largest absolute Gasteiger partial charge is 0.496 e. The van der Waals surface area contributed by atoms with Crippen molar-refractivity contribution in [2.24, 2.45) is 5.92 Å². The summed E-state index contributed by atoms with van der Waals surface area (Å²) in [6, 6.07) is 5.10. The molecule has 1 saturated heterocycles. The summed E-state index contributed by atoms with van der Waals surface area (Å²) >= 11 is 0. The highest BCUT2D eigenvalue weighted by Crippen LogP contribution is 2.34. The highest BCUT2D eigenvalue weighted by molar-refractivity contribution is 5.36. The first kappa shape index (κ1) is 16.2. The molecule has 1 aliphatic rings. The number of nitrogens with one attached hydrogen (secondary N) is 1. The normalized spacial score (nSPS) is 18.0. The van der Waals surface area contributed by atoms with E-state index in [9.17, 15) is 4.39 Å². The lowest BCUT2D eigenvalue weighted by Gasteiger charge is -2.36. The highest BCUT2D eigenvalue weighted by atomic mass is 19.1. The van der Waals surface area contributed by atoms with E-state index in [1.165, 1.54) is 6.07 Å². The van der Waals surface area contributed by atoms with E-state index in [-0.39, 0.29) is 11.9 Å². The van der Waals surface area contributed by atoms with Crippen LogP contribution in [-0.2, 0) is 0 Å². The number of halogens is 1. The van der Waals surface area contributed by atoms with Crippen molar-refractivity contribution in [2.45, 2.75) is 32.7 Å². The third kappa shape index (κ3) is 4.42. The molecule has 0 aromatic heterocycles. The maximum atomic E-state index is 13.7. The summed E-state index contributed by atoms with van der Waals surface area (Å²) in [7, 11) is 1.66. The van der Waals surface area contributed by atoms with Crippen LogP contribution in [0.5, 0.6) is 5.75 Å². The van der Waals surface area contributed by atoms with E-state index in [1.54, 1.807) is 19.2 Å². The molecule has 1 fully saturated rings. The van der Waals surface area contributed by atoms with E-state index >= 15 is 0 Å². The number of benzene rings is 1. The average molecular weight is 294 g/mol. The lowest BCUT2D eigenvalue weighted by atomic mass is 9.95. The fourth-order valence-corrected chi connectivity index (χ4v) is 2.99. The van der Waals surface area contributed by atoms with Crippen LogP contribution in [0.2, 0.25) is 0 Å². The van der Waals surface area contributed by atoms with Gasteiger partial charge in [0, 0.05) is 37.8 Å². The van der Waals surface area contributed by atoms with Crippen molar-refractivity contribution in [2.75, 3.05) is 33.3 Å². The summed E-state index contributed by atoms with van der Waals surface area (Å²) in [6.07, 6.45) is 2.17. The molecule has 1 aromatic rings. The minimum atomic E-state index is -0.185. The van der Waals surface area contributed by atoms with Gasteiger partial charge in [0.1, 0.15) is 11.6 Å². The van der Waals surface area contributed by atoms with Gasteiger partial charge in [0.2, 0.25) is 0 Å². The van der Waals surface area contributed by atoms with Gasteiger partial charge in [0.15, 0.2) is 0 Å². The van der Waals surface area contributed by atoms with Gasteiger partial charge in [-0.2, -0.15) is 0 Å². The number of nitrogens with zero attached hydrogens (tertiary/aromatic N) is 1. The second-order valence-corrected chi connectivity index (χ2v) is 6.16. The Morgan fingerprint density at radius 1 is 1.24 bits per heavy atom. The fraction of sp³-hybridized carbons (Fsp3) is 0.647. The van der Waals surface area contributed by atoms with Gasteiger partial charge in [-0.15, -0.1) is 0 Å². The number of piperazine rings is 1. The lowest BCUT2D eigenvalue weighted by Crippen LogP contribution is -2.45. The Balaban J connectivity index is 2.26. The maximum absolute atomic E-state index is 13.7. The summed E-state index contributed by atoms with van der Waals surface area (Å²) in [6.45, 7) is 8.46. The molecule has 1 aliphatic heterocycles. The zero-order valence-electron chi connectivity index (χ0n) is 13.4. The van der Waals surface area contributed by atoms with Crippen LogP contribution in [0.1, 0.15) is 38.3 Å². The van der Waals surface area contributed by atoms with Crippen molar-refractivity contribution in [1.29, 1.82) is 0 Å². The van der Waals surface area contributed by atoms with Crippen molar-refractivity contribution < 1.29 is 9.13 Å². The number of rotatable bonds is 6. The first-order valence-corrected chi connectivity index (χ1v) is 7.90. The van der Waals surface area contributed by atoms with Crippen molar-refractivity contribution in [1.82, 2.24) is 10.2 Å². The van der Waals surface area contributed by atoms with Crippen LogP contribution in [0.4, 0.5) is 4.39 Å². The number of ether oxygens (including phenoxy) is 1. The molecule has 0 radical (unpaired) electrons. The Kier molecular flexibility index (Phi) is 6.00. The van der Waals surface area contributed by atoms with Gasteiger partial charge in [0.05, 0.1) is 7.11 Å². The Labute approximate surface area is 127 Å². The summed E-state index contributed by atoms with van der Waals surface area (Å²) in [4.78, 5) is 2.45. The Bertz CT molecular complexity index is 444. The molecule has 0 spiro atoms. The van der Waals surface area contributed by atoms with Crippen molar-refractivity contribution in [3.8, 4) is 5.75 Å². The smallest absolute Gasteiger partial charge is 0.123 e. The zero-order chi connectivity index (χ0) is 15.2. The molecular weight excluding hydrogens is 267 g/mol. The van der Waals surface area contributed by atoms with Crippen LogP contribution >= 0.6 is 0 Å². The molecule has 0 bridgehead atoms. The molecule has 3 nitrogen and oxygen atoms in total. The monoisotopic (exact) mass is 294 g/mol. The fourth-order valence-electron chi connectivity index (χ4n) is 2.99. The average Bonchev–Trinajstić information content (AvgIpc) is 2.48. The van der Waals surface area contributed by atoms with Gasteiger partial charge in [-0.3, -0.25) is 4.90 Å². The SMILES string of the molecule is COc1ccc(F)cc1[C@@H](CCC(C)C)N1CCNCC1. The molecule has 21 heavy (non-hydrogen) atoms. The summed E-state index contributed by atoms with van der Waals surface area (Å²) in [5.41, 5.74) is 0.986. The lowest BCUT2D eigenvalue weighted by molar-refractivity contribution is 0.157. The van der Waals surface area contributed by atoms with Gasteiger partial charge in [0.25, 0.3) is 0 Å². The molecule has 0 saturated carbocycles. The molecule has 1 heterocycles. The second-order valence-electron chi connectivity index (χ2n) is 6.16. The van der Waals surface area contributed by atoms with Crippen LogP contribution in [-0.4, -0.2) is 38.2 Å². The minimum Gasteiger partial charge on any atom is -0.496 e. The summed E-state index contributed by atoms with van der Waals surface area (Å²) in [5.74, 6) is 1.26. The van der Waals surface area contributed by atoms with Gasteiger partial charge in [-0.05, 0) is 37.0 Å². The third-order valence-electron chi connectivity index (χ3n) is 4.16. The molecule has 1 N–H and O–H groups in total. The van der Waals surface area contributed by atoms with Crippen LogP contribution in [0.25, 0.3) is 0 Å². The molecule has 2 rings (SSSR count). The van der Waals surface area contributed by atoms with Gasteiger partial charge < -0.3 is 10.1 Å². The standard InChI is InChI=1S/C17H27FN2O/c1-13(2)4-6-16(20-10-8-19-9-11-20)15-12-14(18)5-7-17(15)21-3/h5,7,12-13,16,19H,4,6,8-11H2,1-3H3/t16-/m1/s1. The quantitative estimate of drug-likeness (QED) is 0.872. The van der Waals surface area contributed by atoms with Crippen LogP contribution < -0.4 is 10.1 Å². The molecular formula is C17H27FN2O. The Hall–Kier alpha value is -1.13. The van der Waals surface area contributed by atoms with Gasteiger partial charge >= 0.3 is 0 Å². The first-order chi connectivity index (χ1) is 10.1. The van der Waals surface area contributed by atoms with Crippen molar-refractivity contribution >= 4 is 0 Å². The van der Waals surface area contributed by atoms with Crippen molar-refractivity contribution in [3.63, 3.8) is 0 Å². The van der Waals surface area contributed by atoms with E-state index in [1.807, 2.05) is 0 Å². The van der Waals surface area contributed by atoms with Crippen molar-refractivity contribution in [3.05, 3.63) is 29.6 Å². The predicted octanol–water partition coefficient (Wildman–Crippen LogP) is 3.22. The van der Waals surface area contributed by atoms with Gasteiger partial charge in [-0.1, -0.05) is 13.8 Å². The summed E-state index contributed by atoms with van der Waals surface area (Å²) < 4.78 is 19.2. The highest BCUT2D eigenvalue weighted by Gasteiger charge is 2.25. The molecule has 1 atom stereocenters. The van der Waals surface area contributed by atoms with Crippen LogP contribution in [0.15, 0.2) is 18.2 Å². The maximum Gasteiger partial charge on any atom is 0.123 e. The third-order valence-corrected chi connectivity index (χ3v) is 4.16. The van der Waals surface area contributed by atoms with E-state index in [0.717, 1.165) is 50.3 Å². The number of hydrogen-bond acceptors (Lipinski definition) is 3.